The Kier molecular flexibility index (Phi) is 5.64. The maximum absolute atomic E-state index is 14.0. The molecule has 0 radical (unpaired) electrons. The van der Waals surface area contributed by atoms with Crippen LogP contribution in [0.25, 0.3) is 0 Å². The van der Waals surface area contributed by atoms with Crippen molar-refractivity contribution in [2.24, 2.45) is 0 Å². The molecule has 0 saturated carbocycles. The second-order valence-corrected chi connectivity index (χ2v) is 7.23. The lowest BCUT2D eigenvalue weighted by atomic mass is 9.74. The number of benzene rings is 1. The molecule has 1 aliphatic heterocycles. The Balaban J connectivity index is 1.78. The fourth-order valence-corrected chi connectivity index (χ4v) is 3.83. The summed E-state index contributed by atoms with van der Waals surface area (Å²) in [4.78, 5) is 14.6. The first-order chi connectivity index (χ1) is 12.6. The van der Waals surface area contributed by atoms with E-state index in [1.54, 1.807) is 4.57 Å². The fraction of sp³-hybridized carbons (Fsp3) is 0.476. The molecule has 4 nitrogen and oxygen atoms in total. The first kappa shape index (κ1) is 18.5. The third-order valence-electron chi connectivity index (χ3n) is 5.64. The number of hydrogen-bond donors (Lipinski definition) is 1. The molecule has 26 heavy (non-hydrogen) atoms. The molecule has 2 aromatic rings. The normalized spacial score (nSPS) is 16.6. The molecule has 1 fully saturated rings. The smallest absolute Gasteiger partial charge is 0.275 e. The minimum absolute atomic E-state index is 0.124. The Bertz CT molecular complexity index is 780. The number of pyridine rings is 1. The van der Waals surface area contributed by atoms with Gasteiger partial charge in [-0.1, -0.05) is 43.7 Å². The zero-order valence-electron chi connectivity index (χ0n) is 15.5. The molecule has 1 aromatic heterocycles. The highest BCUT2D eigenvalue weighted by Crippen LogP contribution is 2.38. The summed E-state index contributed by atoms with van der Waals surface area (Å²) >= 11 is 0. The van der Waals surface area contributed by atoms with Gasteiger partial charge in [-0.05, 0) is 30.9 Å². The van der Waals surface area contributed by atoms with Gasteiger partial charge in [-0.15, -0.1) is 0 Å². The summed E-state index contributed by atoms with van der Waals surface area (Å²) in [5, 5.41) is 0. The Morgan fingerprint density at radius 3 is 2.46 bits per heavy atom. The molecule has 2 N–H and O–H groups in total. The van der Waals surface area contributed by atoms with Gasteiger partial charge in [0.2, 0.25) is 0 Å². The maximum atomic E-state index is 14.0. The molecule has 0 unspecified atom stereocenters. The molecule has 0 amide bonds. The quantitative estimate of drug-likeness (QED) is 0.857. The van der Waals surface area contributed by atoms with Crippen LogP contribution < -0.4 is 16.2 Å². The van der Waals surface area contributed by atoms with Gasteiger partial charge in [-0.3, -0.25) is 9.18 Å². The van der Waals surface area contributed by atoms with E-state index in [4.69, 9.17) is 5.73 Å². The van der Waals surface area contributed by atoms with Crippen LogP contribution in [0.2, 0.25) is 0 Å². The van der Waals surface area contributed by atoms with Crippen molar-refractivity contribution in [1.82, 2.24) is 4.57 Å². The van der Waals surface area contributed by atoms with Crippen LogP contribution in [0.4, 0.5) is 15.8 Å². The van der Waals surface area contributed by atoms with Crippen LogP contribution in [0.5, 0.6) is 0 Å². The number of nitrogen functional groups attached to an aromatic ring is 1. The number of nitrogens with two attached hydrogens (primary N) is 1. The number of unbranched alkanes of at least 4 members (excludes halogenated alkanes) is 1. The summed E-state index contributed by atoms with van der Waals surface area (Å²) in [5.74, 6) is 0. The van der Waals surface area contributed by atoms with E-state index in [0.717, 1.165) is 24.1 Å². The van der Waals surface area contributed by atoms with Gasteiger partial charge < -0.3 is 15.2 Å². The molecular formula is C21H28FN3O. The van der Waals surface area contributed by atoms with E-state index < -0.39 is 5.41 Å². The zero-order chi connectivity index (χ0) is 18.6. The van der Waals surface area contributed by atoms with Gasteiger partial charge in [0.25, 0.3) is 5.56 Å². The number of aryl methyl sites for hydroxylation is 1. The second kappa shape index (κ2) is 7.94. The Labute approximate surface area is 154 Å². The van der Waals surface area contributed by atoms with Gasteiger partial charge in [-0.25, -0.2) is 0 Å². The Hall–Kier alpha value is -2.30. The van der Waals surface area contributed by atoms with Crippen LogP contribution >= 0.6 is 0 Å². The summed E-state index contributed by atoms with van der Waals surface area (Å²) in [6, 6.07) is 11.8. The average Bonchev–Trinajstić information content (AvgIpc) is 2.70. The highest BCUT2D eigenvalue weighted by atomic mass is 19.1. The van der Waals surface area contributed by atoms with Gasteiger partial charge in [0.1, 0.15) is 5.69 Å². The summed E-state index contributed by atoms with van der Waals surface area (Å²) in [6.07, 6.45) is 5.25. The lowest BCUT2D eigenvalue weighted by Crippen LogP contribution is -2.44. The van der Waals surface area contributed by atoms with Gasteiger partial charge in [0.05, 0.1) is 12.4 Å². The lowest BCUT2D eigenvalue weighted by Gasteiger charge is -2.41. The number of hydrogen-bond acceptors (Lipinski definition) is 3. The molecule has 0 bridgehead atoms. The van der Waals surface area contributed by atoms with Crippen LogP contribution in [0, 0.1) is 0 Å². The van der Waals surface area contributed by atoms with Crippen molar-refractivity contribution >= 4 is 11.4 Å². The van der Waals surface area contributed by atoms with Crippen molar-refractivity contribution in [2.75, 3.05) is 30.4 Å². The van der Waals surface area contributed by atoms with Crippen molar-refractivity contribution in [3.8, 4) is 0 Å². The molecule has 1 aromatic carbocycles. The van der Waals surface area contributed by atoms with Crippen LogP contribution in [0.3, 0.4) is 0 Å². The summed E-state index contributed by atoms with van der Waals surface area (Å²) in [5.41, 5.74) is 7.74. The van der Waals surface area contributed by atoms with Crippen molar-refractivity contribution in [2.45, 2.75) is 44.6 Å². The SMILES string of the molecule is CCCCn1ccc(N2CCC(CF)(c3ccccc3)CC2)c(N)c1=O. The predicted molar refractivity (Wildman–Crippen MR) is 106 cm³/mol. The Morgan fingerprint density at radius 1 is 1.15 bits per heavy atom. The minimum atomic E-state index is -0.428. The Morgan fingerprint density at radius 2 is 1.85 bits per heavy atom. The van der Waals surface area contributed by atoms with Crippen LogP contribution in [-0.4, -0.2) is 24.3 Å². The van der Waals surface area contributed by atoms with Crippen LogP contribution in [0.1, 0.15) is 38.2 Å². The van der Waals surface area contributed by atoms with Gasteiger partial charge in [0, 0.05) is 31.2 Å². The number of piperidine rings is 1. The number of alkyl halides is 1. The molecule has 140 valence electrons. The van der Waals surface area contributed by atoms with Gasteiger partial charge in [-0.2, -0.15) is 0 Å². The van der Waals surface area contributed by atoms with E-state index in [2.05, 4.69) is 11.8 Å². The number of halogens is 1. The molecule has 1 aliphatic rings. The van der Waals surface area contributed by atoms with Crippen LogP contribution in [0.15, 0.2) is 47.4 Å². The van der Waals surface area contributed by atoms with Crippen molar-refractivity contribution in [3.05, 3.63) is 58.5 Å². The van der Waals surface area contributed by atoms with E-state index in [1.165, 1.54) is 0 Å². The molecule has 3 rings (SSSR count). The highest BCUT2D eigenvalue weighted by Gasteiger charge is 2.36. The maximum Gasteiger partial charge on any atom is 0.275 e. The first-order valence-electron chi connectivity index (χ1n) is 9.46. The second-order valence-electron chi connectivity index (χ2n) is 7.23. The third-order valence-corrected chi connectivity index (χ3v) is 5.64. The van der Waals surface area contributed by atoms with Gasteiger partial charge >= 0.3 is 0 Å². The molecule has 0 atom stereocenters. The minimum Gasteiger partial charge on any atom is -0.393 e. The van der Waals surface area contributed by atoms with E-state index in [1.807, 2.05) is 42.6 Å². The first-order valence-corrected chi connectivity index (χ1v) is 9.46. The van der Waals surface area contributed by atoms with E-state index in [9.17, 15) is 9.18 Å². The number of nitrogens with zero attached hydrogens (tertiary/aromatic N) is 2. The van der Waals surface area contributed by atoms with Crippen molar-refractivity contribution in [3.63, 3.8) is 0 Å². The summed E-state index contributed by atoms with van der Waals surface area (Å²) in [6.45, 7) is 3.82. The molecule has 5 heteroatoms. The van der Waals surface area contributed by atoms with Crippen molar-refractivity contribution < 1.29 is 4.39 Å². The fourth-order valence-electron chi connectivity index (χ4n) is 3.83. The molecule has 2 heterocycles. The topological polar surface area (TPSA) is 51.3 Å². The van der Waals surface area contributed by atoms with E-state index in [-0.39, 0.29) is 12.2 Å². The molecular weight excluding hydrogens is 329 g/mol. The van der Waals surface area contributed by atoms with E-state index in [0.29, 0.717) is 38.2 Å². The van der Waals surface area contributed by atoms with Crippen LogP contribution in [-0.2, 0) is 12.0 Å². The standard InChI is InChI=1S/C21H28FN3O/c1-2-3-12-25-13-9-18(19(23)20(25)26)24-14-10-21(16-22,11-15-24)17-7-5-4-6-8-17/h4-9,13H,2-3,10-12,14-16,23H2,1H3. The van der Waals surface area contributed by atoms with Crippen molar-refractivity contribution in [1.29, 1.82) is 0 Å². The number of rotatable bonds is 6. The highest BCUT2D eigenvalue weighted by molar-refractivity contribution is 5.66. The number of aromatic nitrogens is 1. The number of anilines is 2. The monoisotopic (exact) mass is 357 g/mol. The molecule has 1 saturated heterocycles. The molecule has 0 aliphatic carbocycles. The zero-order valence-corrected chi connectivity index (χ0v) is 15.5. The third kappa shape index (κ3) is 3.48. The lowest BCUT2D eigenvalue weighted by molar-refractivity contribution is 0.251. The average molecular weight is 357 g/mol. The van der Waals surface area contributed by atoms with Gasteiger partial charge in [0.15, 0.2) is 0 Å². The largest absolute Gasteiger partial charge is 0.393 e. The summed E-state index contributed by atoms with van der Waals surface area (Å²) < 4.78 is 15.6. The summed E-state index contributed by atoms with van der Waals surface area (Å²) in [7, 11) is 0. The van der Waals surface area contributed by atoms with E-state index >= 15 is 0 Å². The molecule has 0 spiro atoms. The predicted octanol–water partition coefficient (Wildman–Crippen LogP) is 3.74.